The van der Waals surface area contributed by atoms with Gasteiger partial charge in [-0.2, -0.15) is 0 Å². The average molecular weight is 155 g/mol. The zero-order chi connectivity index (χ0) is 8.48. The van der Waals surface area contributed by atoms with E-state index < -0.39 is 0 Å². The van der Waals surface area contributed by atoms with Gasteiger partial charge in [0.1, 0.15) is 0 Å². The first kappa shape index (κ1) is 8.57. The molecule has 1 N–H and O–H groups in total. The third kappa shape index (κ3) is 2.21. The summed E-state index contributed by atoms with van der Waals surface area (Å²) in [5, 5.41) is 3.03. The Morgan fingerprint density at radius 1 is 1.55 bits per heavy atom. The number of carbonyl (C=O) groups excluding carboxylic acids is 1. The second-order valence-corrected chi connectivity index (χ2v) is 3.90. The molecular weight excluding hydrogens is 138 g/mol. The van der Waals surface area contributed by atoms with Crippen molar-refractivity contribution in [3.63, 3.8) is 0 Å². The van der Waals surface area contributed by atoms with E-state index in [1.807, 2.05) is 6.92 Å². The van der Waals surface area contributed by atoms with Gasteiger partial charge in [0.2, 0.25) is 5.91 Å². The molecule has 0 bridgehead atoms. The van der Waals surface area contributed by atoms with Gasteiger partial charge in [-0.25, -0.2) is 0 Å². The van der Waals surface area contributed by atoms with Gasteiger partial charge in [-0.3, -0.25) is 4.79 Å². The molecule has 0 atom stereocenters. The Hall–Kier alpha value is -0.530. The Labute approximate surface area is 68.4 Å². The van der Waals surface area contributed by atoms with Gasteiger partial charge < -0.3 is 5.32 Å². The predicted octanol–water partition coefficient (Wildman–Crippen LogP) is 1.70. The molecule has 0 unspecified atom stereocenters. The van der Waals surface area contributed by atoms with E-state index in [4.69, 9.17) is 0 Å². The minimum absolute atomic E-state index is 0.0348. The maximum atomic E-state index is 11.0. The van der Waals surface area contributed by atoms with Crippen LogP contribution in [0, 0.1) is 5.92 Å². The van der Waals surface area contributed by atoms with Gasteiger partial charge in [-0.05, 0) is 32.6 Å². The second-order valence-electron chi connectivity index (χ2n) is 3.90. The van der Waals surface area contributed by atoms with Crippen LogP contribution in [0.4, 0.5) is 0 Å². The molecule has 1 aliphatic carbocycles. The number of nitrogens with one attached hydrogen (secondary N) is 1. The lowest BCUT2D eigenvalue weighted by atomic mass is 9.99. The van der Waals surface area contributed by atoms with Crippen LogP contribution in [0.5, 0.6) is 0 Å². The van der Waals surface area contributed by atoms with Crippen molar-refractivity contribution in [1.29, 1.82) is 0 Å². The van der Waals surface area contributed by atoms with Crippen molar-refractivity contribution in [3.8, 4) is 0 Å². The molecule has 1 aliphatic rings. The highest BCUT2D eigenvalue weighted by Crippen LogP contribution is 2.39. The SMILES string of the molecule is CCC(=O)NC(C)(C)C1CC1. The quantitative estimate of drug-likeness (QED) is 0.660. The summed E-state index contributed by atoms with van der Waals surface area (Å²) in [5.41, 5.74) is 0.0348. The first-order valence-corrected chi connectivity index (χ1v) is 4.37. The molecule has 64 valence electrons. The minimum Gasteiger partial charge on any atom is -0.351 e. The molecule has 2 heteroatoms. The molecule has 0 heterocycles. The standard InChI is InChI=1S/C9H17NO/c1-4-8(11)10-9(2,3)7-5-6-7/h7H,4-6H2,1-3H3,(H,10,11). The van der Waals surface area contributed by atoms with E-state index in [-0.39, 0.29) is 11.4 Å². The summed E-state index contributed by atoms with van der Waals surface area (Å²) >= 11 is 0. The molecule has 1 amide bonds. The van der Waals surface area contributed by atoms with Gasteiger partial charge in [0.25, 0.3) is 0 Å². The Balaban J connectivity index is 2.38. The topological polar surface area (TPSA) is 29.1 Å². The van der Waals surface area contributed by atoms with Crippen molar-refractivity contribution < 1.29 is 4.79 Å². The second kappa shape index (κ2) is 2.84. The van der Waals surface area contributed by atoms with E-state index in [2.05, 4.69) is 19.2 Å². The smallest absolute Gasteiger partial charge is 0.220 e. The fourth-order valence-corrected chi connectivity index (χ4v) is 1.35. The Bertz CT molecular complexity index is 159. The van der Waals surface area contributed by atoms with Crippen molar-refractivity contribution >= 4 is 5.91 Å². The minimum atomic E-state index is 0.0348. The van der Waals surface area contributed by atoms with Crippen LogP contribution in [-0.2, 0) is 4.79 Å². The molecule has 0 aromatic carbocycles. The van der Waals surface area contributed by atoms with Crippen LogP contribution in [0.3, 0.4) is 0 Å². The number of rotatable bonds is 3. The van der Waals surface area contributed by atoms with Gasteiger partial charge in [0, 0.05) is 12.0 Å². The van der Waals surface area contributed by atoms with Crippen LogP contribution < -0.4 is 5.32 Å². The van der Waals surface area contributed by atoms with Crippen molar-refractivity contribution in [3.05, 3.63) is 0 Å². The van der Waals surface area contributed by atoms with Crippen LogP contribution in [0.15, 0.2) is 0 Å². The summed E-state index contributed by atoms with van der Waals surface area (Å²) in [6.07, 6.45) is 3.14. The summed E-state index contributed by atoms with van der Waals surface area (Å²) in [6, 6.07) is 0. The monoisotopic (exact) mass is 155 g/mol. The van der Waals surface area contributed by atoms with Crippen LogP contribution in [0.1, 0.15) is 40.0 Å². The zero-order valence-electron chi connectivity index (χ0n) is 7.61. The Morgan fingerprint density at radius 3 is 2.45 bits per heavy atom. The van der Waals surface area contributed by atoms with Crippen molar-refractivity contribution in [2.45, 2.75) is 45.6 Å². The van der Waals surface area contributed by atoms with Gasteiger partial charge in [0.05, 0.1) is 0 Å². The molecule has 0 aromatic heterocycles. The molecule has 0 radical (unpaired) electrons. The summed E-state index contributed by atoms with van der Waals surface area (Å²) < 4.78 is 0. The third-order valence-electron chi connectivity index (χ3n) is 2.38. The number of amides is 1. The van der Waals surface area contributed by atoms with E-state index in [1.54, 1.807) is 0 Å². The molecule has 0 saturated heterocycles. The maximum absolute atomic E-state index is 11.0. The van der Waals surface area contributed by atoms with Gasteiger partial charge in [-0.15, -0.1) is 0 Å². The number of hydrogen-bond acceptors (Lipinski definition) is 1. The molecule has 11 heavy (non-hydrogen) atoms. The lowest BCUT2D eigenvalue weighted by Crippen LogP contribution is -2.44. The number of carbonyl (C=O) groups is 1. The molecular formula is C9H17NO. The number of hydrogen-bond donors (Lipinski definition) is 1. The Morgan fingerprint density at radius 2 is 2.09 bits per heavy atom. The highest BCUT2D eigenvalue weighted by atomic mass is 16.1. The average Bonchev–Trinajstić information content (AvgIpc) is 2.66. The zero-order valence-corrected chi connectivity index (χ0v) is 7.61. The fourth-order valence-electron chi connectivity index (χ4n) is 1.35. The van der Waals surface area contributed by atoms with Crippen LogP contribution in [0.2, 0.25) is 0 Å². The van der Waals surface area contributed by atoms with Crippen LogP contribution >= 0.6 is 0 Å². The molecule has 1 fully saturated rings. The molecule has 1 rings (SSSR count). The molecule has 0 aliphatic heterocycles. The Kier molecular flexibility index (Phi) is 2.21. The molecule has 0 spiro atoms. The van der Waals surface area contributed by atoms with Crippen molar-refractivity contribution in [1.82, 2.24) is 5.32 Å². The fraction of sp³-hybridized carbons (Fsp3) is 0.889. The van der Waals surface area contributed by atoms with Gasteiger partial charge in [0.15, 0.2) is 0 Å². The summed E-state index contributed by atoms with van der Waals surface area (Å²) in [7, 11) is 0. The maximum Gasteiger partial charge on any atom is 0.220 e. The van der Waals surface area contributed by atoms with Gasteiger partial charge >= 0.3 is 0 Å². The van der Waals surface area contributed by atoms with E-state index >= 15 is 0 Å². The summed E-state index contributed by atoms with van der Waals surface area (Å²) in [5.74, 6) is 0.889. The lowest BCUT2D eigenvalue weighted by Gasteiger charge is -2.25. The van der Waals surface area contributed by atoms with E-state index in [1.165, 1.54) is 12.8 Å². The predicted molar refractivity (Wildman–Crippen MR) is 45.2 cm³/mol. The third-order valence-corrected chi connectivity index (χ3v) is 2.38. The molecule has 0 aromatic rings. The largest absolute Gasteiger partial charge is 0.351 e. The summed E-state index contributed by atoms with van der Waals surface area (Å²) in [6.45, 7) is 6.11. The lowest BCUT2D eigenvalue weighted by molar-refractivity contribution is -0.122. The normalized spacial score (nSPS) is 18.1. The molecule has 1 saturated carbocycles. The van der Waals surface area contributed by atoms with Crippen molar-refractivity contribution in [2.75, 3.05) is 0 Å². The van der Waals surface area contributed by atoms with Crippen LogP contribution in [-0.4, -0.2) is 11.4 Å². The summed E-state index contributed by atoms with van der Waals surface area (Å²) in [4.78, 5) is 11.0. The van der Waals surface area contributed by atoms with Crippen LogP contribution in [0.25, 0.3) is 0 Å². The van der Waals surface area contributed by atoms with E-state index in [9.17, 15) is 4.79 Å². The highest BCUT2D eigenvalue weighted by molar-refractivity contribution is 5.76. The van der Waals surface area contributed by atoms with Crippen molar-refractivity contribution in [2.24, 2.45) is 5.92 Å². The van der Waals surface area contributed by atoms with E-state index in [0.717, 1.165) is 5.92 Å². The first-order valence-electron chi connectivity index (χ1n) is 4.37. The highest BCUT2D eigenvalue weighted by Gasteiger charge is 2.38. The van der Waals surface area contributed by atoms with E-state index in [0.29, 0.717) is 6.42 Å². The molecule has 2 nitrogen and oxygen atoms in total. The van der Waals surface area contributed by atoms with Gasteiger partial charge in [-0.1, -0.05) is 6.92 Å². The first-order chi connectivity index (χ1) is 5.06.